The maximum Gasteiger partial charge on any atom is 0.104 e. The Hall–Kier alpha value is -9.37. The van der Waals surface area contributed by atoms with Gasteiger partial charge in [0.1, 0.15) is 6.17 Å². The van der Waals surface area contributed by atoms with Gasteiger partial charge in [0.25, 0.3) is 0 Å². The average Bonchev–Trinajstić information content (AvgIpc) is 4.13. The highest BCUT2D eigenvalue weighted by Crippen LogP contribution is 2.42. The molecule has 0 saturated carbocycles. The van der Waals surface area contributed by atoms with E-state index >= 15 is 0 Å². The number of aromatic nitrogens is 4. The van der Waals surface area contributed by atoms with Gasteiger partial charge in [-0.25, -0.2) is 0 Å². The van der Waals surface area contributed by atoms with Gasteiger partial charge >= 0.3 is 0 Å². The van der Waals surface area contributed by atoms with E-state index in [-0.39, 0.29) is 18.5 Å². The number of hydrogen-bond acceptors (Lipinski definition) is 4. The third kappa shape index (κ3) is 7.28. The van der Waals surface area contributed by atoms with Gasteiger partial charge in [0.05, 0.1) is 51.1 Å². The Kier molecular flexibility index (Phi) is 10.2. The molecule has 15 rings (SSSR count). The van der Waals surface area contributed by atoms with E-state index in [0.717, 1.165) is 44.9 Å². The van der Waals surface area contributed by atoms with Gasteiger partial charge in [-0.15, -0.1) is 0 Å². The molecule has 4 aromatic heterocycles. The summed E-state index contributed by atoms with van der Waals surface area (Å²) >= 11 is 0. The van der Waals surface area contributed by atoms with Gasteiger partial charge in [0.15, 0.2) is 0 Å². The molecule has 75 heavy (non-hydrogen) atoms. The van der Waals surface area contributed by atoms with E-state index in [4.69, 9.17) is 4.98 Å². The molecule has 7 heteroatoms. The largest absolute Gasteiger partial charge is 0.309 e. The van der Waals surface area contributed by atoms with Gasteiger partial charge in [-0.05, 0) is 143 Å². The molecule has 0 radical (unpaired) electrons. The van der Waals surface area contributed by atoms with E-state index in [0.29, 0.717) is 0 Å². The number of nitrogens with zero attached hydrogens (tertiary/aromatic N) is 4. The quantitative estimate of drug-likeness (QED) is 0.142. The molecular formula is C68H49N7. The van der Waals surface area contributed by atoms with E-state index in [1.807, 2.05) is 18.3 Å². The van der Waals surface area contributed by atoms with Crippen molar-refractivity contribution in [1.29, 1.82) is 0 Å². The average molecular weight is 964 g/mol. The lowest BCUT2D eigenvalue weighted by atomic mass is 9.98. The minimum Gasteiger partial charge on any atom is -0.309 e. The molecule has 1 saturated heterocycles. The minimum absolute atomic E-state index is 0.110. The Labute approximate surface area is 433 Å². The van der Waals surface area contributed by atoms with Crippen molar-refractivity contribution in [2.75, 3.05) is 0 Å². The summed E-state index contributed by atoms with van der Waals surface area (Å²) in [6, 6.07) is 92.5. The van der Waals surface area contributed by atoms with Crippen LogP contribution in [0.5, 0.6) is 0 Å². The molecule has 3 atom stereocenters. The number of benzene rings is 10. The van der Waals surface area contributed by atoms with Gasteiger partial charge < -0.3 is 13.7 Å². The van der Waals surface area contributed by atoms with Crippen LogP contribution in [0.2, 0.25) is 0 Å². The van der Waals surface area contributed by atoms with Crippen molar-refractivity contribution in [2.45, 2.75) is 18.5 Å². The Balaban J connectivity index is 0.895. The summed E-state index contributed by atoms with van der Waals surface area (Å²) in [5.41, 5.74) is 18.4. The van der Waals surface area contributed by atoms with Gasteiger partial charge in [-0.2, -0.15) is 0 Å². The maximum absolute atomic E-state index is 4.77. The number of pyridine rings is 1. The lowest BCUT2D eigenvalue weighted by molar-refractivity contribution is 0.200. The fourth-order valence-electron chi connectivity index (χ4n) is 11.9. The molecule has 3 N–H and O–H groups in total. The van der Waals surface area contributed by atoms with Gasteiger partial charge in [-0.1, -0.05) is 146 Å². The van der Waals surface area contributed by atoms with Crippen molar-refractivity contribution in [1.82, 2.24) is 34.6 Å². The molecule has 0 aliphatic carbocycles. The zero-order valence-corrected chi connectivity index (χ0v) is 40.8. The second kappa shape index (κ2) is 17.7. The molecule has 1 aliphatic heterocycles. The van der Waals surface area contributed by atoms with Crippen molar-refractivity contribution in [3.05, 3.63) is 278 Å². The third-order valence-electron chi connectivity index (χ3n) is 15.4. The highest BCUT2D eigenvalue weighted by atomic mass is 15.4. The summed E-state index contributed by atoms with van der Waals surface area (Å²) in [7, 11) is 0. The molecule has 5 heterocycles. The smallest absolute Gasteiger partial charge is 0.104 e. The van der Waals surface area contributed by atoms with Crippen LogP contribution in [0.25, 0.3) is 105 Å². The Morgan fingerprint density at radius 2 is 0.640 bits per heavy atom. The third-order valence-corrected chi connectivity index (χ3v) is 15.4. The number of fused-ring (bicyclic) bond motifs is 9. The molecule has 0 bridgehead atoms. The lowest BCUT2D eigenvalue weighted by Gasteiger charge is -2.39. The second-order valence-electron chi connectivity index (χ2n) is 19.7. The zero-order valence-electron chi connectivity index (χ0n) is 40.8. The van der Waals surface area contributed by atoms with Crippen molar-refractivity contribution in [3.8, 4) is 39.3 Å². The van der Waals surface area contributed by atoms with Gasteiger partial charge in [0.2, 0.25) is 0 Å². The molecule has 10 aromatic carbocycles. The van der Waals surface area contributed by atoms with Crippen LogP contribution < -0.4 is 16.0 Å². The topological polar surface area (TPSA) is 63.8 Å². The summed E-state index contributed by atoms with van der Waals surface area (Å²) in [6.45, 7) is 0. The highest BCUT2D eigenvalue weighted by Gasteiger charge is 2.31. The summed E-state index contributed by atoms with van der Waals surface area (Å²) in [6.07, 6.45) is 1.39. The minimum atomic E-state index is -0.181. The fraction of sp³-hybridized carbons (Fsp3) is 0.0441. The summed E-state index contributed by atoms with van der Waals surface area (Å²) < 4.78 is 7.21. The van der Waals surface area contributed by atoms with Crippen LogP contribution in [0, 0.1) is 0 Å². The predicted molar refractivity (Wildman–Crippen MR) is 309 cm³/mol. The first kappa shape index (κ1) is 43.2. The monoisotopic (exact) mass is 963 g/mol. The van der Waals surface area contributed by atoms with E-state index in [9.17, 15) is 0 Å². The van der Waals surface area contributed by atoms with E-state index in [1.165, 1.54) is 76.6 Å². The molecule has 0 amide bonds. The number of para-hydroxylation sites is 4. The maximum atomic E-state index is 4.77. The molecule has 14 aromatic rings. The van der Waals surface area contributed by atoms with E-state index in [2.05, 4.69) is 272 Å². The highest BCUT2D eigenvalue weighted by molar-refractivity contribution is 6.14. The number of rotatable bonds is 8. The first-order valence-electron chi connectivity index (χ1n) is 25.8. The number of hydrogen-bond donors (Lipinski definition) is 3. The van der Waals surface area contributed by atoms with Crippen molar-refractivity contribution < 1.29 is 0 Å². The SMILES string of the molecule is c1ccc(C2NC(c3cccc(-n4c5ccc(-c6ccc7c(c6)c6ccccc6n7-c6ccccc6)cc5c5cc(-c6ccc7c(c6)c6ccccc6n7-c6ccccc6)ccc54)c3)NC(c3ccccn3)N2)cc1. The predicted octanol–water partition coefficient (Wildman–Crippen LogP) is 15.9. The first-order chi connectivity index (χ1) is 37.2. The van der Waals surface area contributed by atoms with Crippen LogP contribution in [-0.4, -0.2) is 18.7 Å². The molecule has 7 nitrogen and oxygen atoms in total. The van der Waals surface area contributed by atoms with Gasteiger partial charge in [0, 0.05) is 55.6 Å². The molecule has 3 unspecified atom stereocenters. The van der Waals surface area contributed by atoms with Crippen molar-refractivity contribution in [2.24, 2.45) is 0 Å². The molecule has 0 spiro atoms. The van der Waals surface area contributed by atoms with Crippen LogP contribution >= 0.6 is 0 Å². The van der Waals surface area contributed by atoms with Gasteiger partial charge in [-0.3, -0.25) is 20.9 Å². The molecule has 1 fully saturated rings. The second-order valence-corrected chi connectivity index (χ2v) is 19.7. The van der Waals surface area contributed by atoms with Crippen LogP contribution in [0.4, 0.5) is 0 Å². The normalized spacial score (nSPS) is 16.0. The lowest BCUT2D eigenvalue weighted by Crippen LogP contribution is -2.54. The fourth-order valence-corrected chi connectivity index (χ4v) is 11.9. The van der Waals surface area contributed by atoms with E-state index in [1.54, 1.807) is 0 Å². The summed E-state index contributed by atoms with van der Waals surface area (Å²) in [4.78, 5) is 4.77. The summed E-state index contributed by atoms with van der Waals surface area (Å²) in [5.74, 6) is 0. The summed E-state index contributed by atoms with van der Waals surface area (Å²) in [5, 5.41) is 18.9. The molecule has 1 aliphatic rings. The van der Waals surface area contributed by atoms with Crippen molar-refractivity contribution >= 4 is 65.4 Å². The number of nitrogens with one attached hydrogen (secondary N) is 3. The zero-order chi connectivity index (χ0) is 49.4. The van der Waals surface area contributed by atoms with Crippen molar-refractivity contribution in [3.63, 3.8) is 0 Å². The Bertz CT molecular complexity index is 4200. The Morgan fingerprint density at radius 3 is 1.13 bits per heavy atom. The molecule has 356 valence electrons. The Morgan fingerprint density at radius 1 is 0.267 bits per heavy atom. The van der Waals surface area contributed by atoms with Crippen LogP contribution in [0.3, 0.4) is 0 Å². The first-order valence-corrected chi connectivity index (χ1v) is 25.8. The van der Waals surface area contributed by atoms with Crippen LogP contribution in [-0.2, 0) is 0 Å². The molecular weight excluding hydrogens is 915 g/mol. The standard InChI is InChI=1S/C68H49N7/c1-4-17-44(18-5-1)66-70-67(72-68(71-66)59-27-14-15-38-69-59)49-19-16-24-52(39-49)75-64-36-32-47(45-30-34-62-55(40-45)53-25-10-12-28-60(53)73(62)50-20-6-2-7-21-50)42-57(64)58-43-48(33-37-65(58)75)46-31-35-63-56(41-46)54-26-11-13-29-61(54)74(63)51-22-8-3-9-23-51/h1-43,66-68,70-72H. The van der Waals surface area contributed by atoms with E-state index < -0.39 is 0 Å². The van der Waals surface area contributed by atoms with Crippen LogP contribution in [0.1, 0.15) is 35.3 Å². The van der Waals surface area contributed by atoms with Crippen LogP contribution in [0.15, 0.2) is 261 Å².